The molecule has 0 radical (unpaired) electrons. The molecule has 8 nitrogen and oxygen atoms in total. The van der Waals surface area contributed by atoms with Gasteiger partial charge in [0.2, 0.25) is 11.8 Å². The zero-order chi connectivity index (χ0) is 29.1. The van der Waals surface area contributed by atoms with Crippen molar-refractivity contribution in [2.75, 3.05) is 6.54 Å². The molecule has 11 heteroatoms. The fourth-order valence-corrected chi connectivity index (χ4v) is 7.55. The number of nitrogens with one attached hydrogen (secondary N) is 2. The number of benzene rings is 2. The second-order valence-corrected chi connectivity index (χ2v) is 12.4. The Bertz CT molecular complexity index is 1480. The van der Waals surface area contributed by atoms with Gasteiger partial charge in [0.1, 0.15) is 12.1 Å². The second-order valence-electron chi connectivity index (χ2n) is 11.5. The van der Waals surface area contributed by atoms with Crippen LogP contribution in [0.3, 0.4) is 0 Å². The molecule has 41 heavy (non-hydrogen) atoms. The van der Waals surface area contributed by atoms with E-state index in [4.69, 9.17) is 0 Å². The zero-order valence-corrected chi connectivity index (χ0v) is 23.7. The van der Waals surface area contributed by atoms with Crippen molar-refractivity contribution in [3.63, 3.8) is 0 Å². The van der Waals surface area contributed by atoms with Crippen LogP contribution in [0, 0.1) is 23.2 Å². The molecule has 5 aliphatic rings. The third-order valence-corrected chi connectivity index (χ3v) is 9.61. The Balaban J connectivity index is 1.36. The number of nitriles is 1. The van der Waals surface area contributed by atoms with Crippen molar-refractivity contribution < 1.29 is 28.3 Å². The van der Waals surface area contributed by atoms with Crippen molar-refractivity contribution >= 4 is 33.7 Å². The summed E-state index contributed by atoms with van der Waals surface area (Å²) < 4.78 is 31.2. The standard InChI is InChI=1S/C30H29BrF2N4O4/c31-17-7-9-21-20-5-1-2-6-22(20)30(41,24(21)13-17)28(40)37-19-8-10-23(29(32,33)14-19)25(37)27(39)36-18(15-34)12-16-4-3-11-35-26(16)38/h1-2,5-7,9,13,16,18-19,23,25,41H,3-4,8,10-12,14H2,(H,35,38)(H,36,39)/t16-,18-,19+,23+,25-,30+/m0/s1. The Kier molecular flexibility index (Phi) is 6.90. The number of alkyl halides is 2. The topological polar surface area (TPSA) is 123 Å². The van der Waals surface area contributed by atoms with Crippen LogP contribution >= 0.6 is 15.9 Å². The van der Waals surface area contributed by atoms with Gasteiger partial charge in [0.05, 0.1) is 12.0 Å². The molecule has 0 spiro atoms. The van der Waals surface area contributed by atoms with Crippen molar-refractivity contribution in [2.45, 2.75) is 68.2 Å². The van der Waals surface area contributed by atoms with Crippen LogP contribution in [0.15, 0.2) is 46.9 Å². The molecule has 3 aliphatic heterocycles. The van der Waals surface area contributed by atoms with Crippen LogP contribution in [0.5, 0.6) is 0 Å². The van der Waals surface area contributed by atoms with Gasteiger partial charge in [-0.05, 0) is 55.4 Å². The number of carbonyl (C=O) groups excluding carboxylic acids is 3. The molecule has 0 aromatic heterocycles. The molecule has 0 unspecified atom stereocenters. The minimum atomic E-state index is -3.20. The summed E-state index contributed by atoms with van der Waals surface area (Å²) in [6.45, 7) is 0.544. The smallest absolute Gasteiger partial charge is 0.264 e. The molecule has 4 fully saturated rings. The molecule has 214 valence electrons. The minimum absolute atomic E-state index is 0.0267. The fraction of sp³-hybridized carbons (Fsp3) is 0.467. The van der Waals surface area contributed by atoms with Crippen LogP contribution in [-0.4, -0.2) is 58.3 Å². The van der Waals surface area contributed by atoms with Crippen LogP contribution in [0.4, 0.5) is 8.78 Å². The van der Waals surface area contributed by atoms with Gasteiger partial charge < -0.3 is 20.6 Å². The lowest BCUT2D eigenvalue weighted by Crippen LogP contribution is -2.70. The number of aliphatic hydroxyl groups is 1. The monoisotopic (exact) mass is 626 g/mol. The summed E-state index contributed by atoms with van der Waals surface area (Å²) in [5.41, 5.74) is -0.277. The summed E-state index contributed by atoms with van der Waals surface area (Å²) in [5, 5.41) is 27.3. The molecule has 2 aliphatic carbocycles. The lowest BCUT2D eigenvalue weighted by atomic mass is 9.70. The molecular formula is C30H29BrF2N4O4. The zero-order valence-electron chi connectivity index (χ0n) is 22.1. The van der Waals surface area contributed by atoms with Crippen LogP contribution in [-0.2, 0) is 20.0 Å². The van der Waals surface area contributed by atoms with E-state index in [1.807, 2.05) is 6.07 Å². The minimum Gasteiger partial charge on any atom is -0.372 e. The van der Waals surface area contributed by atoms with Crippen molar-refractivity contribution in [2.24, 2.45) is 11.8 Å². The first kappa shape index (κ1) is 27.8. The van der Waals surface area contributed by atoms with E-state index in [0.29, 0.717) is 39.7 Å². The van der Waals surface area contributed by atoms with Gasteiger partial charge in [-0.1, -0.05) is 46.3 Å². The van der Waals surface area contributed by atoms with E-state index in [1.54, 1.807) is 42.5 Å². The number of nitrogens with zero attached hydrogens (tertiary/aromatic N) is 2. The van der Waals surface area contributed by atoms with Crippen molar-refractivity contribution in [3.05, 3.63) is 58.1 Å². The molecule has 3 N–H and O–H groups in total. The second kappa shape index (κ2) is 10.2. The average molecular weight is 627 g/mol. The average Bonchev–Trinajstić information content (AvgIpc) is 3.21. The first-order valence-corrected chi connectivity index (χ1v) is 14.7. The molecule has 3 heterocycles. The first-order valence-electron chi connectivity index (χ1n) is 13.9. The maximum atomic E-state index is 15.3. The van der Waals surface area contributed by atoms with Gasteiger partial charge >= 0.3 is 0 Å². The molecule has 2 bridgehead atoms. The van der Waals surface area contributed by atoms with Gasteiger partial charge in [-0.25, -0.2) is 8.78 Å². The van der Waals surface area contributed by atoms with E-state index in [2.05, 4.69) is 26.6 Å². The molecular weight excluding hydrogens is 598 g/mol. The molecule has 2 aromatic rings. The van der Waals surface area contributed by atoms with Crippen LogP contribution in [0.2, 0.25) is 0 Å². The van der Waals surface area contributed by atoms with Crippen molar-refractivity contribution in [1.29, 1.82) is 5.26 Å². The largest absolute Gasteiger partial charge is 0.372 e. The predicted molar refractivity (Wildman–Crippen MR) is 147 cm³/mol. The van der Waals surface area contributed by atoms with Crippen LogP contribution in [0.1, 0.15) is 49.7 Å². The molecule has 2 aromatic carbocycles. The summed E-state index contributed by atoms with van der Waals surface area (Å²) in [6.07, 6.45) is 1.01. The quantitative estimate of drug-likeness (QED) is 0.468. The van der Waals surface area contributed by atoms with E-state index in [-0.39, 0.29) is 25.2 Å². The van der Waals surface area contributed by atoms with Crippen LogP contribution in [0.25, 0.3) is 11.1 Å². The van der Waals surface area contributed by atoms with Gasteiger partial charge in [0.15, 0.2) is 5.60 Å². The Morgan fingerprint density at radius 1 is 1.17 bits per heavy atom. The van der Waals surface area contributed by atoms with E-state index in [0.717, 1.165) is 11.3 Å². The Morgan fingerprint density at radius 2 is 1.93 bits per heavy atom. The molecule has 7 rings (SSSR count). The summed E-state index contributed by atoms with van der Waals surface area (Å²) in [7, 11) is 0. The van der Waals surface area contributed by atoms with E-state index >= 15 is 8.78 Å². The summed E-state index contributed by atoms with van der Waals surface area (Å²) in [4.78, 5) is 41.7. The van der Waals surface area contributed by atoms with Gasteiger partial charge in [0.25, 0.3) is 11.8 Å². The fourth-order valence-electron chi connectivity index (χ4n) is 7.19. The van der Waals surface area contributed by atoms with E-state index in [9.17, 15) is 24.8 Å². The van der Waals surface area contributed by atoms with E-state index in [1.165, 1.54) is 0 Å². The number of halogens is 3. The predicted octanol–water partition coefficient (Wildman–Crippen LogP) is 3.60. The molecule has 3 amide bonds. The first-order chi connectivity index (χ1) is 19.6. The van der Waals surface area contributed by atoms with Gasteiger partial charge in [-0.3, -0.25) is 14.4 Å². The summed E-state index contributed by atoms with van der Waals surface area (Å²) in [6, 6.07) is 10.4. The number of amides is 3. The number of rotatable bonds is 5. The molecule has 6 atom stereocenters. The number of fused-ring (bicyclic) bond motifs is 6. The van der Waals surface area contributed by atoms with E-state index < -0.39 is 59.7 Å². The van der Waals surface area contributed by atoms with Crippen molar-refractivity contribution in [1.82, 2.24) is 15.5 Å². The highest BCUT2D eigenvalue weighted by Crippen LogP contribution is 2.54. The third kappa shape index (κ3) is 4.43. The Labute approximate surface area is 244 Å². The maximum Gasteiger partial charge on any atom is 0.264 e. The number of piperidine rings is 3. The SMILES string of the molecule is N#C[C@H](C[C@@H]1CCCNC1=O)NC(=O)[C@@H]1[C@H]2CC[C@H](CC2(F)F)N1C(=O)[C@@]1(O)c2ccccc2-c2ccc(Br)cc21. The highest BCUT2D eigenvalue weighted by atomic mass is 79.9. The number of carbonyl (C=O) groups is 3. The molecule has 3 saturated heterocycles. The summed E-state index contributed by atoms with van der Waals surface area (Å²) >= 11 is 3.41. The Morgan fingerprint density at radius 3 is 2.66 bits per heavy atom. The summed E-state index contributed by atoms with van der Waals surface area (Å²) in [5.74, 6) is -7.09. The number of hydrogen-bond donors (Lipinski definition) is 3. The van der Waals surface area contributed by atoms with Gasteiger partial charge in [-0.15, -0.1) is 0 Å². The normalized spacial score (nSPS) is 30.0. The van der Waals surface area contributed by atoms with Gasteiger partial charge in [0, 0.05) is 40.5 Å². The lowest BCUT2D eigenvalue weighted by molar-refractivity contribution is -0.201. The highest BCUT2D eigenvalue weighted by Gasteiger charge is 2.63. The van der Waals surface area contributed by atoms with Crippen LogP contribution < -0.4 is 10.6 Å². The number of hydrogen-bond acceptors (Lipinski definition) is 5. The maximum absolute atomic E-state index is 15.3. The Hall–Kier alpha value is -3.36. The highest BCUT2D eigenvalue weighted by molar-refractivity contribution is 9.10. The van der Waals surface area contributed by atoms with Crippen molar-refractivity contribution in [3.8, 4) is 17.2 Å². The molecule has 1 saturated carbocycles. The van der Waals surface area contributed by atoms with Gasteiger partial charge in [-0.2, -0.15) is 5.26 Å². The third-order valence-electron chi connectivity index (χ3n) is 9.12. The lowest BCUT2D eigenvalue weighted by Gasteiger charge is -2.54.